The lowest BCUT2D eigenvalue weighted by Crippen LogP contribution is -2.20. The molecular formula is C20H22N4OS. The van der Waals surface area contributed by atoms with Gasteiger partial charge < -0.3 is 15.4 Å². The molecule has 2 aromatic carbocycles. The molecule has 0 saturated heterocycles. The lowest BCUT2D eigenvalue weighted by atomic mass is 10.1. The zero-order valence-electron chi connectivity index (χ0n) is 15.0. The van der Waals surface area contributed by atoms with E-state index in [1.54, 1.807) is 11.3 Å². The fourth-order valence-electron chi connectivity index (χ4n) is 2.94. The summed E-state index contributed by atoms with van der Waals surface area (Å²) in [5, 5.41) is 6.40. The second-order valence-corrected chi connectivity index (χ2v) is 7.05. The average Bonchev–Trinajstić information content (AvgIpc) is 3.23. The Morgan fingerprint density at radius 2 is 2.00 bits per heavy atom. The van der Waals surface area contributed by atoms with Crippen molar-refractivity contribution in [1.29, 1.82) is 0 Å². The van der Waals surface area contributed by atoms with Crippen molar-refractivity contribution in [3.05, 3.63) is 48.7 Å². The summed E-state index contributed by atoms with van der Waals surface area (Å²) in [5.74, 6) is 0.905. The van der Waals surface area contributed by atoms with Gasteiger partial charge in [-0.15, -0.1) is 0 Å². The van der Waals surface area contributed by atoms with Gasteiger partial charge in [0.2, 0.25) is 0 Å². The summed E-state index contributed by atoms with van der Waals surface area (Å²) >= 11 is 1.69. The molecule has 0 atom stereocenters. The monoisotopic (exact) mass is 366 g/mol. The second kappa shape index (κ2) is 7.35. The summed E-state index contributed by atoms with van der Waals surface area (Å²) in [6.07, 6.45) is 2.11. The van der Waals surface area contributed by atoms with Crippen molar-refractivity contribution in [2.24, 2.45) is 0 Å². The normalized spacial score (nSPS) is 11.3. The van der Waals surface area contributed by atoms with Gasteiger partial charge in [0, 0.05) is 31.0 Å². The van der Waals surface area contributed by atoms with E-state index >= 15 is 0 Å². The molecule has 4 rings (SSSR count). The molecule has 2 aromatic heterocycles. The average molecular weight is 366 g/mol. The van der Waals surface area contributed by atoms with Crippen LogP contribution in [0, 0.1) is 0 Å². The van der Waals surface area contributed by atoms with Gasteiger partial charge in [-0.25, -0.2) is 4.98 Å². The highest BCUT2D eigenvalue weighted by molar-refractivity contribution is 7.23. The van der Waals surface area contributed by atoms with Crippen LogP contribution in [0.15, 0.2) is 48.7 Å². The molecule has 0 spiro atoms. The van der Waals surface area contributed by atoms with E-state index < -0.39 is 0 Å². The number of hydrogen-bond donors (Lipinski definition) is 2. The quantitative estimate of drug-likeness (QED) is 0.480. The van der Waals surface area contributed by atoms with Crippen molar-refractivity contribution in [3.8, 4) is 17.0 Å². The van der Waals surface area contributed by atoms with E-state index in [2.05, 4.69) is 64.6 Å². The number of nitrogens with zero attached hydrogens (tertiary/aromatic N) is 2. The number of aromatic nitrogens is 2. The summed E-state index contributed by atoms with van der Waals surface area (Å²) in [6.45, 7) is 4.59. The van der Waals surface area contributed by atoms with Gasteiger partial charge in [-0.2, -0.15) is 0 Å². The first-order valence-corrected chi connectivity index (χ1v) is 9.63. The minimum absolute atomic E-state index is 0.675. The molecule has 4 aromatic rings. The van der Waals surface area contributed by atoms with Crippen molar-refractivity contribution in [1.82, 2.24) is 14.7 Å². The van der Waals surface area contributed by atoms with Gasteiger partial charge in [-0.05, 0) is 36.9 Å². The van der Waals surface area contributed by atoms with Gasteiger partial charge in [0.25, 0.3) is 0 Å². The van der Waals surface area contributed by atoms with Gasteiger partial charge in [0.1, 0.15) is 12.4 Å². The van der Waals surface area contributed by atoms with Crippen LogP contribution in [0.5, 0.6) is 5.75 Å². The number of imidazole rings is 1. The van der Waals surface area contributed by atoms with E-state index in [-0.39, 0.29) is 0 Å². The molecule has 26 heavy (non-hydrogen) atoms. The lowest BCUT2D eigenvalue weighted by Gasteiger charge is -2.06. The Morgan fingerprint density at radius 3 is 2.77 bits per heavy atom. The van der Waals surface area contributed by atoms with Gasteiger partial charge in [0.05, 0.1) is 15.9 Å². The predicted molar refractivity (Wildman–Crippen MR) is 110 cm³/mol. The standard InChI is InChI=1S/C20H22N4OS/c1-3-22-10-11-25-16-8-9-18-19(12-16)26-20-23-17(13-24(18)20)14-4-6-15(21-2)7-5-14/h4-9,12-13,21-22H,3,10-11H2,1-2H3. The molecule has 134 valence electrons. The number of anilines is 1. The van der Waals surface area contributed by atoms with Crippen LogP contribution in [0.25, 0.3) is 26.4 Å². The van der Waals surface area contributed by atoms with Gasteiger partial charge in [-0.1, -0.05) is 30.4 Å². The first-order valence-electron chi connectivity index (χ1n) is 8.82. The van der Waals surface area contributed by atoms with E-state index in [4.69, 9.17) is 9.72 Å². The Balaban J connectivity index is 1.60. The highest BCUT2D eigenvalue weighted by Crippen LogP contribution is 2.32. The molecule has 0 bridgehead atoms. The molecule has 0 aliphatic heterocycles. The zero-order chi connectivity index (χ0) is 17.9. The first kappa shape index (κ1) is 16.9. The van der Waals surface area contributed by atoms with Crippen LogP contribution in [0.3, 0.4) is 0 Å². The second-order valence-electron chi connectivity index (χ2n) is 6.04. The third kappa shape index (κ3) is 3.25. The van der Waals surface area contributed by atoms with Crippen molar-refractivity contribution in [2.45, 2.75) is 6.92 Å². The van der Waals surface area contributed by atoms with Gasteiger partial charge in [-0.3, -0.25) is 4.40 Å². The number of nitrogens with one attached hydrogen (secondary N) is 2. The summed E-state index contributed by atoms with van der Waals surface area (Å²) in [4.78, 5) is 5.80. The number of fused-ring (bicyclic) bond motifs is 3. The predicted octanol–water partition coefficient (Wildman–Crippen LogP) is 4.25. The molecule has 2 N–H and O–H groups in total. The molecule has 0 radical (unpaired) electrons. The number of rotatable bonds is 7. The molecule has 0 aliphatic carbocycles. The van der Waals surface area contributed by atoms with Crippen molar-refractivity contribution < 1.29 is 4.74 Å². The third-order valence-electron chi connectivity index (χ3n) is 4.33. The largest absolute Gasteiger partial charge is 0.492 e. The summed E-state index contributed by atoms with van der Waals surface area (Å²) in [5.41, 5.74) is 4.37. The maximum atomic E-state index is 5.81. The fraction of sp³-hybridized carbons (Fsp3) is 0.250. The van der Waals surface area contributed by atoms with Gasteiger partial charge in [0.15, 0.2) is 4.96 Å². The van der Waals surface area contributed by atoms with Crippen LogP contribution < -0.4 is 15.4 Å². The van der Waals surface area contributed by atoms with Crippen LogP contribution in [0.4, 0.5) is 5.69 Å². The van der Waals surface area contributed by atoms with E-state index in [1.807, 2.05) is 13.1 Å². The Kier molecular flexibility index (Phi) is 4.77. The fourth-order valence-corrected chi connectivity index (χ4v) is 3.97. The Bertz CT molecular complexity index is 1020. The molecule has 0 amide bonds. The van der Waals surface area contributed by atoms with Crippen LogP contribution in [-0.2, 0) is 0 Å². The molecule has 2 heterocycles. The zero-order valence-corrected chi connectivity index (χ0v) is 15.8. The Hall–Kier alpha value is -2.57. The number of benzene rings is 2. The SMILES string of the molecule is CCNCCOc1ccc2c(c1)sc1nc(-c3ccc(NC)cc3)cn12. The molecule has 0 fully saturated rings. The third-order valence-corrected chi connectivity index (χ3v) is 5.35. The topological polar surface area (TPSA) is 50.6 Å². The van der Waals surface area contributed by atoms with E-state index in [0.717, 1.165) is 46.3 Å². The van der Waals surface area contributed by atoms with E-state index in [0.29, 0.717) is 6.61 Å². The highest BCUT2D eigenvalue weighted by atomic mass is 32.1. The van der Waals surface area contributed by atoms with Crippen LogP contribution in [-0.4, -0.2) is 36.1 Å². The molecular weight excluding hydrogens is 344 g/mol. The van der Waals surface area contributed by atoms with Crippen LogP contribution in [0.2, 0.25) is 0 Å². The van der Waals surface area contributed by atoms with E-state index in [9.17, 15) is 0 Å². The molecule has 0 saturated carbocycles. The number of thiazole rings is 1. The maximum Gasteiger partial charge on any atom is 0.195 e. The molecule has 5 nitrogen and oxygen atoms in total. The molecule has 0 aliphatic rings. The number of ether oxygens (including phenoxy) is 1. The highest BCUT2D eigenvalue weighted by Gasteiger charge is 2.11. The van der Waals surface area contributed by atoms with Gasteiger partial charge >= 0.3 is 0 Å². The maximum absolute atomic E-state index is 5.81. The summed E-state index contributed by atoms with van der Waals surface area (Å²) < 4.78 is 9.15. The Morgan fingerprint density at radius 1 is 1.15 bits per heavy atom. The van der Waals surface area contributed by atoms with Crippen molar-refractivity contribution >= 4 is 32.2 Å². The van der Waals surface area contributed by atoms with Crippen molar-refractivity contribution in [2.75, 3.05) is 32.1 Å². The number of hydrogen-bond acceptors (Lipinski definition) is 5. The van der Waals surface area contributed by atoms with Crippen molar-refractivity contribution in [3.63, 3.8) is 0 Å². The lowest BCUT2D eigenvalue weighted by molar-refractivity contribution is 0.316. The van der Waals surface area contributed by atoms with E-state index in [1.165, 1.54) is 4.70 Å². The minimum atomic E-state index is 0.675. The first-order chi connectivity index (χ1) is 12.8. The van der Waals surface area contributed by atoms with Crippen LogP contribution >= 0.6 is 11.3 Å². The molecule has 6 heteroatoms. The van der Waals surface area contributed by atoms with Crippen LogP contribution in [0.1, 0.15) is 6.92 Å². The number of likely N-dealkylation sites (N-methyl/N-ethyl adjacent to an activating group) is 1. The summed E-state index contributed by atoms with van der Waals surface area (Å²) in [6, 6.07) is 14.6. The Labute approximate surface area is 156 Å². The summed E-state index contributed by atoms with van der Waals surface area (Å²) in [7, 11) is 1.92. The molecule has 0 unspecified atom stereocenters. The minimum Gasteiger partial charge on any atom is -0.492 e. The smallest absolute Gasteiger partial charge is 0.195 e.